The van der Waals surface area contributed by atoms with Crippen molar-refractivity contribution in [1.29, 1.82) is 5.26 Å². The third-order valence-electron chi connectivity index (χ3n) is 6.57. The smallest absolute Gasteiger partial charge is 0.413 e. The van der Waals surface area contributed by atoms with Gasteiger partial charge in [-0.15, -0.1) is 0 Å². The normalized spacial score (nSPS) is 14.2. The molecule has 1 aliphatic rings. The van der Waals surface area contributed by atoms with Crippen LogP contribution < -0.4 is 5.32 Å². The number of carbonyl (C=O) groups excluding carboxylic acids is 1. The van der Waals surface area contributed by atoms with Gasteiger partial charge in [-0.25, -0.2) is 9.48 Å². The second-order valence-corrected chi connectivity index (χ2v) is 9.41. The molecule has 38 heavy (non-hydrogen) atoms. The highest BCUT2D eigenvalue weighted by atomic mass is 35.5. The molecule has 1 unspecified atom stereocenters. The van der Waals surface area contributed by atoms with Gasteiger partial charge < -0.3 is 9.84 Å². The molecule has 1 atom stereocenters. The van der Waals surface area contributed by atoms with Gasteiger partial charge in [-0.05, 0) is 43.5 Å². The van der Waals surface area contributed by atoms with E-state index >= 15 is 0 Å². The fourth-order valence-electron chi connectivity index (χ4n) is 4.28. The maximum absolute atomic E-state index is 12.6. The summed E-state index contributed by atoms with van der Waals surface area (Å²) >= 11 is 6.20. The third kappa shape index (κ3) is 4.82. The van der Waals surface area contributed by atoms with Gasteiger partial charge in [0.15, 0.2) is 5.69 Å². The Bertz CT molecular complexity index is 1550. The molecular formula is C28H22ClN5O4. The van der Waals surface area contributed by atoms with Crippen molar-refractivity contribution in [2.24, 2.45) is 0 Å². The molecule has 0 spiro atoms. The first kappa shape index (κ1) is 25.0. The van der Waals surface area contributed by atoms with Gasteiger partial charge >= 0.3 is 12.1 Å². The number of nitrogens with zero attached hydrogens (tertiary/aromatic N) is 4. The van der Waals surface area contributed by atoms with Gasteiger partial charge in [0.25, 0.3) is 0 Å². The highest BCUT2D eigenvalue weighted by molar-refractivity contribution is 6.31. The largest absolute Gasteiger partial charge is 0.481 e. The molecular weight excluding hydrogens is 506 g/mol. The van der Waals surface area contributed by atoms with Crippen molar-refractivity contribution in [3.63, 3.8) is 0 Å². The second kappa shape index (κ2) is 10.00. The molecule has 0 radical (unpaired) electrons. The lowest BCUT2D eigenvalue weighted by Crippen LogP contribution is -2.19. The van der Waals surface area contributed by atoms with Crippen molar-refractivity contribution >= 4 is 29.5 Å². The van der Waals surface area contributed by atoms with Crippen molar-refractivity contribution in [2.45, 2.75) is 31.3 Å². The minimum Gasteiger partial charge on any atom is -0.481 e. The lowest BCUT2D eigenvalue weighted by molar-refractivity contribution is -0.140. The molecule has 2 aromatic carbocycles. The Morgan fingerprint density at radius 3 is 2.50 bits per heavy atom. The van der Waals surface area contributed by atoms with Gasteiger partial charge in [0, 0.05) is 22.2 Å². The Morgan fingerprint density at radius 2 is 1.89 bits per heavy atom. The number of carboxylic acid groups (broad SMARTS) is 1. The Kier molecular flexibility index (Phi) is 6.57. The van der Waals surface area contributed by atoms with Gasteiger partial charge in [0.05, 0.1) is 23.0 Å². The summed E-state index contributed by atoms with van der Waals surface area (Å²) in [6.07, 6.45) is 1.52. The average Bonchev–Trinajstić information content (AvgIpc) is 3.64. The standard InChI is InChI=1S/C28H22ClN5O4/c1-17(22-4-2-3-5-23(22)29)38-27(37)32-25-14-20(15-30)33-34(25)21-10-11-24(31-16-21)18-6-8-19(9-7-18)28(12-13-28)26(35)36/h2-11,14,16-17H,12-13H2,1H3,(H,32,37)(H,35,36). The van der Waals surface area contributed by atoms with Gasteiger partial charge in [-0.1, -0.05) is 54.1 Å². The Balaban J connectivity index is 1.33. The Morgan fingerprint density at radius 1 is 1.16 bits per heavy atom. The number of hydrogen-bond acceptors (Lipinski definition) is 6. The number of carbonyl (C=O) groups is 2. The maximum atomic E-state index is 12.6. The minimum atomic E-state index is -0.796. The van der Waals surface area contributed by atoms with E-state index < -0.39 is 23.6 Å². The first-order chi connectivity index (χ1) is 18.3. The third-order valence-corrected chi connectivity index (χ3v) is 6.91. The molecule has 5 rings (SSSR count). The SMILES string of the molecule is CC(OC(=O)Nc1cc(C#N)nn1-c1ccc(-c2ccc(C3(C(=O)O)CC3)cc2)nc1)c1ccccc1Cl. The van der Waals surface area contributed by atoms with Crippen molar-refractivity contribution < 1.29 is 19.4 Å². The Hall–Kier alpha value is -4.68. The van der Waals surface area contributed by atoms with Crippen LogP contribution in [0.3, 0.4) is 0 Å². The van der Waals surface area contributed by atoms with E-state index in [4.69, 9.17) is 16.3 Å². The lowest BCUT2D eigenvalue weighted by Gasteiger charge is -2.16. The molecule has 1 saturated carbocycles. The number of ether oxygens (including phenoxy) is 1. The summed E-state index contributed by atoms with van der Waals surface area (Å²) in [6.45, 7) is 1.71. The van der Waals surface area contributed by atoms with Crippen LogP contribution in [0.5, 0.6) is 0 Å². The van der Waals surface area contributed by atoms with Crippen LogP contribution in [-0.2, 0) is 14.9 Å². The number of rotatable bonds is 7. The molecule has 190 valence electrons. The fraction of sp³-hybridized carbons (Fsp3) is 0.179. The molecule has 0 bridgehead atoms. The van der Waals surface area contributed by atoms with Crippen LogP contribution in [0.4, 0.5) is 10.6 Å². The summed E-state index contributed by atoms with van der Waals surface area (Å²) in [4.78, 5) is 28.7. The number of anilines is 1. The lowest BCUT2D eigenvalue weighted by atomic mass is 9.95. The molecule has 0 aliphatic heterocycles. The molecule has 2 aromatic heterocycles. The maximum Gasteiger partial charge on any atom is 0.413 e. The van der Waals surface area contributed by atoms with Crippen molar-refractivity contribution in [3.05, 3.63) is 94.8 Å². The molecule has 9 nitrogen and oxygen atoms in total. The van der Waals surface area contributed by atoms with Crippen LogP contribution in [0, 0.1) is 11.3 Å². The van der Waals surface area contributed by atoms with E-state index in [9.17, 15) is 20.0 Å². The fourth-order valence-corrected chi connectivity index (χ4v) is 4.57. The number of pyridine rings is 1. The number of carboxylic acids is 1. The van der Waals surface area contributed by atoms with Crippen LogP contribution in [0.15, 0.2) is 72.9 Å². The molecule has 10 heteroatoms. The molecule has 2 N–H and O–H groups in total. The summed E-state index contributed by atoms with van der Waals surface area (Å²) in [5.74, 6) is -0.560. The zero-order valence-corrected chi connectivity index (χ0v) is 21.0. The Labute approximate surface area is 223 Å². The number of halogens is 1. The molecule has 1 fully saturated rings. The van der Waals surface area contributed by atoms with E-state index in [0.717, 1.165) is 11.1 Å². The van der Waals surface area contributed by atoms with Gasteiger partial charge in [0.1, 0.15) is 18.0 Å². The number of benzene rings is 2. The number of amides is 1. The number of nitriles is 1. The zero-order chi connectivity index (χ0) is 26.9. The van der Waals surface area contributed by atoms with Crippen molar-refractivity contribution in [3.8, 4) is 23.0 Å². The quantitative estimate of drug-likeness (QED) is 0.306. The number of nitrogens with one attached hydrogen (secondary N) is 1. The zero-order valence-electron chi connectivity index (χ0n) is 20.3. The molecule has 0 saturated heterocycles. The van der Waals surface area contributed by atoms with Crippen LogP contribution >= 0.6 is 11.6 Å². The predicted octanol–water partition coefficient (Wildman–Crippen LogP) is 5.89. The van der Waals surface area contributed by atoms with Crippen LogP contribution in [0.1, 0.15) is 42.7 Å². The first-order valence-corrected chi connectivity index (χ1v) is 12.2. The van der Waals surface area contributed by atoms with Gasteiger partial charge in [0.2, 0.25) is 0 Å². The molecule has 4 aromatic rings. The number of hydrogen-bond donors (Lipinski definition) is 2. The van der Waals surface area contributed by atoms with Gasteiger partial charge in [-0.3, -0.25) is 15.1 Å². The summed E-state index contributed by atoms with van der Waals surface area (Å²) in [7, 11) is 0. The van der Waals surface area contributed by atoms with Crippen molar-refractivity contribution in [1.82, 2.24) is 14.8 Å². The van der Waals surface area contributed by atoms with E-state index in [1.54, 1.807) is 49.5 Å². The number of aliphatic carboxylic acids is 1. The molecule has 2 heterocycles. The van der Waals surface area contributed by atoms with E-state index in [2.05, 4.69) is 15.4 Å². The second-order valence-electron chi connectivity index (χ2n) is 9.00. The van der Waals surface area contributed by atoms with Crippen LogP contribution in [0.2, 0.25) is 5.02 Å². The summed E-state index contributed by atoms with van der Waals surface area (Å²) in [6, 6.07) is 21.4. The summed E-state index contributed by atoms with van der Waals surface area (Å²) in [5.41, 5.74) is 2.82. The highest BCUT2D eigenvalue weighted by Crippen LogP contribution is 2.48. The van der Waals surface area contributed by atoms with Crippen LogP contribution in [0.25, 0.3) is 16.9 Å². The highest BCUT2D eigenvalue weighted by Gasteiger charge is 2.51. The van der Waals surface area contributed by atoms with Crippen LogP contribution in [-0.4, -0.2) is 31.9 Å². The van der Waals surface area contributed by atoms with Gasteiger partial charge in [-0.2, -0.15) is 10.4 Å². The number of aromatic nitrogens is 3. The van der Waals surface area contributed by atoms with E-state index in [1.807, 2.05) is 30.3 Å². The van der Waals surface area contributed by atoms with Crippen molar-refractivity contribution in [2.75, 3.05) is 5.32 Å². The minimum absolute atomic E-state index is 0.103. The topological polar surface area (TPSA) is 130 Å². The predicted molar refractivity (Wildman–Crippen MR) is 140 cm³/mol. The van der Waals surface area contributed by atoms with E-state index in [1.165, 1.54) is 10.7 Å². The summed E-state index contributed by atoms with van der Waals surface area (Å²) in [5, 5.41) is 26.2. The average molecular weight is 528 g/mol. The molecule has 1 aliphatic carbocycles. The van der Waals surface area contributed by atoms with E-state index in [-0.39, 0.29) is 11.5 Å². The molecule has 1 amide bonds. The monoisotopic (exact) mass is 527 g/mol. The van der Waals surface area contributed by atoms with E-state index in [0.29, 0.717) is 34.8 Å². The first-order valence-electron chi connectivity index (χ1n) is 11.8. The summed E-state index contributed by atoms with van der Waals surface area (Å²) < 4.78 is 6.87.